The van der Waals surface area contributed by atoms with Crippen molar-refractivity contribution in [2.24, 2.45) is 17.3 Å². The molecule has 1 aromatic heterocycles. The van der Waals surface area contributed by atoms with Gasteiger partial charge in [-0.05, 0) is 30.9 Å². The zero-order valence-electron chi connectivity index (χ0n) is 17.7. The smallest absolute Gasteiger partial charge is 0.342 e. The molecule has 0 saturated heterocycles. The van der Waals surface area contributed by atoms with Gasteiger partial charge in [-0.25, -0.2) is 4.79 Å². The summed E-state index contributed by atoms with van der Waals surface area (Å²) in [6, 6.07) is 0. The van der Waals surface area contributed by atoms with Gasteiger partial charge in [0.2, 0.25) is 5.78 Å². The first kappa shape index (κ1) is 20.4. The predicted octanol–water partition coefficient (Wildman–Crippen LogP) is 2.51. The van der Waals surface area contributed by atoms with Crippen LogP contribution in [0.3, 0.4) is 0 Å². The number of ketones is 2. The summed E-state index contributed by atoms with van der Waals surface area (Å²) in [7, 11) is 0. The second kappa shape index (κ2) is 6.50. The van der Waals surface area contributed by atoms with Gasteiger partial charge in [-0.2, -0.15) is 0 Å². The van der Waals surface area contributed by atoms with Crippen molar-refractivity contribution in [3.63, 3.8) is 0 Å². The summed E-state index contributed by atoms with van der Waals surface area (Å²) < 4.78 is 11.4. The van der Waals surface area contributed by atoms with E-state index in [4.69, 9.17) is 9.15 Å². The molecule has 7 heteroatoms. The molecule has 7 nitrogen and oxygen atoms in total. The molecule has 1 unspecified atom stereocenters. The van der Waals surface area contributed by atoms with Crippen molar-refractivity contribution in [1.29, 1.82) is 0 Å². The number of furan rings is 1. The highest BCUT2D eigenvalue weighted by Gasteiger charge is 2.63. The number of hydrogen-bond acceptors (Lipinski definition) is 7. The number of carbonyl (C=O) groups is 3. The number of carbonyl (C=O) groups excluding carboxylic acids is 3. The average molecular weight is 426 g/mol. The lowest BCUT2D eigenvalue weighted by Crippen LogP contribution is -2.55. The van der Waals surface area contributed by atoms with Gasteiger partial charge in [0.25, 0.3) is 0 Å². The second-order valence-electron chi connectivity index (χ2n) is 9.62. The van der Waals surface area contributed by atoms with E-state index in [2.05, 4.69) is 6.58 Å². The van der Waals surface area contributed by atoms with Gasteiger partial charge in [0.1, 0.15) is 23.7 Å². The first-order valence-electron chi connectivity index (χ1n) is 10.7. The SMILES string of the molecule is C=C(CO)[C@@H]1C[C@]2(C)C(=O)CCC2C2=C1[C@]1(C)c3c(coc3C2=O)C(=O)O[C@@H]1CCO. The molecule has 0 bridgehead atoms. The van der Waals surface area contributed by atoms with Crippen molar-refractivity contribution in [3.05, 3.63) is 46.4 Å². The van der Waals surface area contributed by atoms with Crippen molar-refractivity contribution in [2.45, 2.75) is 51.0 Å². The Morgan fingerprint density at radius 2 is 2.00 bits per heavy atom. The Bertz CT molecular complexity index is 1080. The molecule has 4 aliphatic rings. The number of rotatable bonds is 4. The summed E-state index contributed by atoms with van der Waals surface area (Å²) in [5.74, 6) is -1.33. The molecule has 1 aromatic rings. The molecule has 164 valence electrons. The summed E-state index contributed by atoms with van der Waals surface area (Å²) in [6.07, 6.45) is 2.16. The maximum Gasteiger partial charge on any atom is 0.342 e. The molecule has 0 aromatic carbocycles. The Morgan fingerprint density at radius 1 is 1.26 bits per heavy atom. The summed E-state index contributed by atoms with van der Waals surface area (Å²) in [5, 5.41) is 19.7. The first-order chi connectivity index (χ1) is 14.7. The minimum Gasteiger partial charge on any atom is -0.460 e. The predicted molar refractivity (Wildman–Crippen MR) is 108 cm³/mol. The summed E-state index contributed by atoms with van der Waals surface area (Å²) in [6.45, 7) is 7.40. The third-order valence-electron chi connectivity index (χ3n) is 8.20. The number of ether oxygens (including phenoxy) is 1. The van der Waals surface area contributed by atoms with E-state index in [1.165, 1.54) is 6.26 Å². The van der Waals surface area contributed by atoms with Gasteiger partial charge in [-0.15, -0.1) is 0 Å². The first-order valence-corrected chi connectivity index (χ1v) is 10.7. The molecule has 0 amide bonds. The third-order valence-corrected chi connectivity index (χ3v) is 8.20. The van der Waals surface area contributed by atoms with Crippen LogP contribution in [0.4, 0.5) is 0 Å². The zero-order chi connectivity index (χ0) is 22.3. The van der Waals surface area contributed by atoms with Crippen LogP contribution in [-0.2, 0) is 14.9 Å². The van der Waals surface area contributed by atoms with Gasteiger partial charge in [0.15, 0.2) is 5.76 Å². The highest BCUT2D eigenvalue weighted by molar-refractivity contribution is 6.14. The Labute approximate surface area is 179 Å². The number of aliphatic hydroxyl groups is 2. The van der Waals surface area contributed by atoms with E-state index in [1.807, 2.05) is 13.8 Å². The van der Waals surface area contributed by atoms with Gasteiger partial charge in [-0.3, -0.25) is 9.59 Å². The Kier molecular flexibility index (Phi) is 4.27. The van der Waals surface area contributed by atoms with E-state index >= 15 is 0 Å². The molecule has 2 N–H and O–H groups in total. The Balaban J connectivity index is 1.85. The van der Waals surface area contributed by atoms with Gasteiger partial charge in [0, 0.05) is 47.8 Å². The fourth-order valence-corrected chi connectivity index (χ4v) is 6.63. The van der Waals surface area contributed by atoms with Crippen molar-refractivity contribution < 1.29 is 33.8 Å². The van der Waals surface area contributed by atoms with Crippen LogP contribution in [0.15, 0.2) is 34.0 Å². The lowest BCUT2D eigenvalue weighted by atomic mass is 9.51. The van der Waals surface area contributed by atoms with Crippen LogP contribution >= 0.6 is 0 Å². The molecule has 5 atom stereocenters. The number of fused-ring (bicyclic) bond motifs is 3. The molecule has 5 rings (SSSR count). The van der Waals surface area contributed by atoms with Crippen LogP contribution < -0.4 is 0 Å². The van der Waals surface area contributed by atoms with Crippen molar-refractivity contribution >= 4 is 17.5 Å². The van der Waals surface area contributed by atoms with Crippen molar-refractivity contribution in [1.82, 2.24) is 0 Å². The van der Waals surface area contributed by atoms with Crippen LogP contribution in [0.5, 0.6) is 0 Å². The molecule has 0 radical (unpaired) electrons. The highest BCUT2D eigenvalue weighted by Crippen LogP contribution is 2.63. The number of aliphatic hydroxyl groups excluding tert-OH is 2. The normalized spacial score (nSPS) is 36.1. The van der Waals surface area contributed by atoms with Crippen LogP contribution in [0, 0.1) is 17.3 Å². The van der Waals surface area contributed by atoms with Crippen molar-refractivity contribution in [2.75, 3.05) is 13.2 Å². The molecule has 31 heavy (non-hydrogen) atoms. The number of Topliss-reactive ketones (excluding diaryl/α,β-unsaturated/α-hetero) is 2. The third kappa shape index (κ3) is 2.33. The van der Waals surface area contributed by atoms with E-state index in [9.17, 15) is 24.6 Å². The topological polar surface area (TPSA) is 114 Å². The maximum absolute atomic E-state index is 13.8. The van der Waals surface area contributed by atoms with Gasteiger partial charge < -0.3 is 19.4 Å². The number of esters is 1. The highest BCUT2D eigenvalue weighted by atomic mass is 16.5. The second-order valence-corrected chi connectivity index (χ2v) is 9.62. The number of hydrogen-bond donors (Lipinski definition) is 2. The Hall–Kier alpha value is -2.51. The molecule has 0 spiro atoms. The lowest BCUT2D eigenvalue weighted by molar-refractivity contribution is -0.127. The quantitative estimate of drug-likeness (QED) is 0.562. The lowest BCUT2D eigenvalue weighted by Gasteiger charge is -2.53. The minimum absolute atomic E-state index is 0.116. The van der Waals surface area contributed by atoms with Gasteiger partial charge in [-0.1, -0.05) is 13.5 Å². The maximum atomic E-state index is 13.8. The summed E-state index contributed by atoms with van der Waals surface area (Å²) in [5.41, 5.74) is 0.885. The Morgan fingerprint density at radius 3 is 2.68 bits per heavy atom. The van der Waals surface area contributed by atoms with Crippen LogP contribution in [0.2, 0.25) is 0 Å². The zero-order valence-corrected chi connectivity index (χ0v) is 17.7. The van der Waals surface area contributed by atoms with E-state index in [1.54, 1.807) is 0 Å². The van der Waals surface area contributed by atoms with Crippen molar-refractivity contribution in [3.8, 4) is 0 Å². The number of allylic oxidation sites excluding steroid dienone is 1. The van der Waals surface area contributed by atoms with Gasteiger partial charge >= 0.3 is 5.97 Å². The molecule has 3 aliphatic carbocycles. The fourth-order valence-electron chi connectivity index (χ4n) is 6.63. The van der Waals surface area contributed by atoms with E-state index in [-0.39, 0.29) is 48.4 Å². The molecular formula is C24H26O7. The molecule has 1 saturated carbocycles. The van der Waals surface area contributed by atoms with Crippen LogP contribution in [-0.4, -0.2) is 47.1 Å². The molecule has 2 heterocycles. The monoisotopic (exact) mass is 426 g/mol. The summed E-state index contributed by atoms with van der Waals surface area (Å²) in [4.78, 5) is 39.3. The van der Waals surface area contributed by atoms with Gasteiger partial charge in [0.05, 0.1) is 12.0 Å². The average Bonchev–Trinajstić information content (AvgIpc) is 3.32. The molecule has 1 aliphatic heterocycles. The van der Waals surface area contributed by atoms with Crippen LogP contribution in [0.25, 0.3) is 0 Å². The van der Waals surface area contributed by atoms with E-state index in [0.29, 0.717) is 36.0 Å². The van der Waals surface area contributed by atoms with E-state index in [0.717, 1.165) is 5.57 Å². The molecular weight excluding hydrogens is 400 g/mol. The summed E-state index contributed by atoms with van der Waals surface area (Å²) >= 11 is 0. The minimum atomic E-state index is -0.923. The largest absolute Gasteiger partial charge is 0.460 e. The van der Waals surface area contributed by atoms with Crippen LogP contribution in [0.1, 0.15) is 66.0 Å². The fraction of sp³-hybridized carbons (Fsp3) is 0.542. The number of cyclic esters (lactones) is 1. The molecule has 1 fully saturated rings. The van der Waals surface area contributed by atoms with E-state index < -0.39 is 28.8 Å². The standard InChI is InChI=1S/C24H26O7/c1-11(9-26)12-8-23(2)14(4-5-15(23)27)17-18(12)24(3)16(6-7-25)31-22(29)13-10-30-21(19(13)24)20(17)28/h10,12,14,16,25-26H,1,4-9H2,2-3H3/t12-,14?,16+,23-,24+/m0/s1.